The Morgan fingerprint density at radius 2 is 1.78 bits per heavy atom. The topological polar surface area (TPSA) is 50.5 Å². The van der Waals surface area contributed by atoms with Gasteiger partial charge in [0.15, 0.2) is 5.65 Å². The third kappa shape index (κ3) is 2.46. The van der Waals surface area contributed by atoms with Gasteiger partial charge in [-0.15, -0.1) is 10.2 Å². The molecule has 5 heteroatoms. The molecule has 3 heterocycles. The van der Waals surface area contributed by atoms with E-state index in [-0.39, 0.29) is 5.41 Å². The lowest BCUT2D eigenvalue weighted by atomic mass is 9.49. The number of hydrogen-bond acceptors (Lipinski definition) is 3. The van der Waals surface area contributed by atoms with Crippen molar-refractivity contribution in [1.29, 1.82) is 0 Å². The maximum Gasteiger partial charge on any atom is 0.228 e. The van der Waals surface area contributed by atoms with Crippen LogP contribution in [-0.4, -0.2) is 38.5 Å². The van der Waals surface area contributed by atoms with E-state index in [1.807, 2.05) is 24.4 Å². The SMILES string of the molecule is O=C(N1CCC[C@@H](c2nnc3ccccn23)C1)C12CC3CC(CC(C3)C1)C2. The Labute approximate surface area is 160 Å². The average Bonchev–Trinajstić information content (AvgIpc) is 3.11. The van der Waals surface area contributed by atoms with Gasteiger partial charge in [0.05, 0.1) is 5.41 Å². The van der Waals surface area contributed by atoms with Gasteiger partial charge in [0.25, 0.3) is 0 Å². The van der Waals surface area contributed by atoms with E-state index in [1.54, 1.807) is 0 Å². The van der Waals surface area contributed by atoms with Gasteiger partial charge in [-0.2, -0.15) is 0 Å². The molecule has 2 aromatic rings. The van der Waals surface area contributed by atoms with Crippen molar-refractivity contribution in [2.75, 3.05) is 13.1 Å². The lowest BCUT2D eigenvalue weighted by molar-refractivity contribution is -0.159. The van der Waals surface area contributed by atoms with E-state index >= 15 is 0 Å². The first-order valence-corrected chi connectivity index (χ1v) is 10.8. The van der Waals surface area contributed by atoms with E-state index in [2.05, 4.69) is 19.5 Å². The standard InChI is InChI=1S/C22H28N4O/c27-21(22-11-15-8-16(12-22)10-17(9-15)13-22)25-6-3-4-18(14-25)20-24-23-19-5-1-2-7-26(19)20/h1-2,5,7,15-18H,3-4,6,8-14H2/t15?,16?,17?,18-,22?/m1/s1. The minimum atomic E-state index is -0.0243. The second-order valence-corrected chi connectivity index (χ2v) is 9.78. The number of nitrogens with zero attached hydrogens (tertiary/aromatic N) is 4. The number of carbonyl (C=O) groups is 1. The van der Waals surface area contributed by atoms with Gasteiger partial charge < -0.3 is 4.90 Å². The molecule has 0 unspecified atom stereocenters. The van der Waals surface area contributed by atoms with Gasteiger partial charge in [-0.05, 0) is 81.3 Å². The second-order valence-electron chi connectivity index (χ2n) is 9.78. The first kappa shape index (κ1) is 16.1. The van der Waals surface area contributed by atoms with Crippen molar-refractivity contribution in [2.24, 2.45) is 23.2 Å². The lowest BCUT2D eigenvalue weighted by Crippen LogP contribution is -2.56. The quantitative estimate of drug-likeness (QED) is 0.817. The second kappa shape index (κ2) is 5.79. The van der Waals surface area contributed by atoms with Crippen LogP contribution < -0.4 is 0 Å². The molecule has 1 amide bonds. The monoisotopic (exact) mass is 364 g/mol. The number of pyridine rings is 1. The van der Waals surface area contributed by atoms with Crippen LogP contribution in [0.15, 0.2) is 24.4 Å². The first-order valence-electron chi connectivity index (χ1n) is 10.8. The molecule has 5 nitrogen and oxygen atoms in total. The minimum Gasteiger partial charge on any atom is -0.341 e. The molecule has 5 fully saturated rings. The summed E-state index contributed by atoms with van der Waals surface area (Å²) >= 11 is 0. The molecular weight excluding hydrogens is 336 g/mol. The zero-order valence-corrected chi connectivity index (χ0v) is 15.9. The molecule has 4 saturated carbocycles. The average molecular weight is 364 g/mol. The largest absolute Gasteiger partial charge is 0.341 e. The Morgan fingerprint density at radius 3 is 2.52 bits per heavy atom. The normalized spacial score (nSPS) is 37.9. The summed E-state index contributed by atoms with van der Waals surface area (Å²) in [6, 6.07) is 6.02. The van der Waals surface area contributed by atoms with Crippen molar-refractivity contribution in [1.82, 2.24) is 19.5 Å². The van der Waals surface area contributed by atoms with Crippen LogP contribution in [0.5, 0.6) is 0 Å². The van der Waals surface area contributed by atoms with Crippen LogP contribution in [-0.2, 0) is 4.79 Å². The number of likely N-dealkylation sites (tertiary alicyclic amines) is 1. The Kier molecular flexibility index (Phi) is 3.45. The highest BCUT2D eigenvalue weighted by atomic mass is 16.2. The maximum atomic E-state index is 13.7. The molecule has 0 aromatic carbocycles. The molecule has 7 rings (SSSR count). The zero-order valence-electron chi connectivity index (χ0n) is 15.9. The number of fused-ring (bicyclic) bond motifs is 1. The molecule has 5 aliphatic rings. The number of piperidine rings is 1. The van der Waals surface area contributed by atoms with Gasteiger partial charge in [-0.25, -0.2) is 0 Å². The van der Waals surface area contributed by atoms with Crippen molar-refractivity contribution in [3.05, 3.63) is 30.2 Å². The lowest BCUT2D eigenvalue weighted by Gasteiger charge is -2.57. The summed E-state index contributed by atoms with van der Waals surface area (Å²) in [6.45, 7) is 1.74. The molecule has 27 heavy (non-hydrogen) atoms. The van der Waals surface area contributed by atoms with Gasteiger partial charge >= 0.3 is 0 Å². The summed E-state index contributed by atoms with van der Waals surface area (Å²) < 4.78 is 2.10. The van der Waals surface area contributed by atoms with E-state index in [0.717, 1.165) is 74.4 Å². The summed E-state index contributed by atoms with van der Waals surface area (Å²) in [4.78, 5) is 15.9. The van der Waals surface area contributed by atoms with E-state index in [9.17, 15) is 4.79 Å². The van der Waals surface area contributed by atoms with Crippen LogP contribution in [0.1, 0.15) is 63.1 Å². The molecule has 0 N–H and O–H groups in total. The van der Waals surface area contributed by atoms with Crippen LogP contribution in [0, 0.1) is 23.2 Å². The molecule has 142 valence electrons. The predicted molar refractivity (Wildman–Crippen MR) is 102 cm³/mol. The molecule has 4 bridgehead atoms. The molecule has 4 aliphatic carbocycles. The molecule has 0 radical (unpaired) electrons. The Hall–Kier alpha value is -1.91. The molecular formula is C22H28N4O. The third-order valence-corrected chi connectivity index (χ3v) is 7.91. The number of hydrogen-bond donors (Lipinski definition) is 0. The summed E-state index contributed by atoms with van der Waals surface area (Å²) in [5.74, 6) is 4.26. The van der Waals surface area contributed by atoms with Gasteiger partial charge in [0.2, 0.25) is 5.91 Å². The molecule has 1 aliphatic heterocycles. The van der Waals surface area contributed by atoms with Crippen LogP contribution >= 0.6 is 0 Å². The minimum absolute atomic E-state index is 0.0243. The van der Waals surface area contributed by atoms with Gasteiger partial charge in [-0.3, -0.25) is 9.20 Å². The molecule has 1 atom stereocenters. The van der Waals surface area contributed by atoms with Crippen molar-refractivity contribution in [2.45, 2.75) is 57.3 Å². The number of aromatic nitrogens is 3. The summed E-state index contributed by atoms with van der Waals surface area (Å²) in [7, 11) is 0. The van der Waals surface area contributed by atoms with E-state index in [0.29, 0.717) is 11.8 Å². The number of carbonyl (C=O) groups excluding carboxylic acids is 1. The fourth-order valence-electron chi connectivity index (χ4n) is 7.22. The highest BCUT2D eigenvalue weighted by Gasteiger charge is 2.55. The highest BCUT2D eigenvalue weighted by Crippen LogP contribution is 2.60. The van der Waals surface area contributed by atoms with Crippen LogP contribution in [0.4, 0.5) is 0 Å². The van der Waals surface area contributed by atoms with Crippen molar-refractivity contribution in [3.63, 3.8) is 0 Å². The summed E-state index contributed by atoms with van der Waals surface area (Å²) in [6.07, 6.45) is 11.9. The zero-order chi connectivity index (χ0) is 18.0. The highest BCUT2D eigenvalue weighted by molar-refractivity contribution is 5.83. The predicted octanol–water partition coefficient (Wildman–Crippen LogP) is 3.65. The van der Waals surface area contributed by atoms with Gasteiger partial charge in [0.1, 0.15) is 5.82 Å². The van der Waals surface area contributed by atoms with Crippen LogP contribution in [0.2, 0.25) is 0 Å². The van der Waals surface area contributed by atoms with Crippen LogP contribution in [0.3, 0.4) is 0 Å². The molecule has 0 spiro atoms. The van der Waals surface area contributed by atoms with Gasteiger partial charge in [-0.1, -0.05) is 6.07 Å². The van der Waals surface area contributed by atoms with Gasteiger partial charge in [0, 0.05) is 25.2 Å². The van der Waals surface area contributed by atoms with Crippen molar-refractivity contribution >= 4 is 11.6 Å². The van der Waals surface area contributed by atoms with E-state index in [4.69, 9.17) is 0 Å². The summed E-state index contributed by atoms with van der Waals surface area (Å²) in [5.41, 5.74) is 0.876. The smallest absolute Gasteiger partial charge is 0.228 e. The first-order chi connectivity index (χ1) is 13.2. The fourth-order valence-corrected chi connectivity index (χ4v) is 7.22. The third-order valence-electron chi connectivity index (χ3n) is 7.91. The fraction of sp³-hybridized carbons (Fsp3) is 0.682. The van der Waals surface area contributed by atoms with E-state index in [1.165, 1.54) is 19.3 Å². The number of amides is 1. The Bertz CT molecular complexity index is 852. The van der Waals surface area contributed by atoms with Crippen molar-refractivity contribution < 1.29 is 4.79 Å². The molecule has 1 saturated heterocycles. The van der Waals surface area contributed by atoms with Crippen LogP contribution in [0.25, 0.3) is 5.65 Å². The maximum absolute atomic E-state index is 13.7. The Morgan fingerprint density at radius 1 is 1.04 bits per heavy atom. The van der Waals surface area contributed by atoms with E-state index < -0.39 is 0 Å². The Balaban J connectivity index is 1.26. The number of rotatable bonds is 2. The van der Waals surface area contributed by atoms with Crippen molar-refractivity contribution in [3.8, 4) is 0 Å². The molecule has 2 aromatic heterocycles. The summed E-state index contributed by atoms with van der Waals surface area (Å²) in [5, 5.41) is 8.81.